The van der Waals surface area contributed by atoms with Gasteiger partial charge in [0, 0.05) is 24.7 Å². The predicted molar refractivity (Wildman–Crippen MR) is 144 cm³/mol. The minimum Gasteiger partial charge on any atom is -0.506 e. The Bertz CT molecular complexity index is 1060. The number of aliphatic hydroxyl groups is 1. The number of hydrogen-bond acceptors (Lipinski definition) is 7. The van der Waals surface area contributed by atoms with Crippen molar-refractivity contribution in [3.8, 4) is 17.2 Å². The SMILES string of the molecule is CCCCCCP(=O)(O)COc1ccc(CCNC[C@H](O)COc2ccc(O)c3c2CCC(=O)N3)cc1. The van der Waals surface area contributed by atoms with Crippen LogP contribution in [0.1, 0.15) is 50.2 Å². The van der Waals surface area contributed by atoms with Gasteiger partial charge in [0.05, 0.1) is 5.69 Å². The van der Waals surface area contributed by atoms with Crippen LogP contribution in [0.2, 0.25) is 0 Å². The van der Waals surface area contributed by atoms with Crippen LogP contribution in [0.3, 0.4) is 0 Å². The van der Waals surface area contributed by atoms with Gasteiger partial charge in [0.1, 0.15) is 30.0 Å². The Balaban J connectivity index is 1.33. The Morgan fingerprint density at radius 1 is 1.08 bits per heavy atom. The zero-order chi connectivity index (χ0) is 26.7. The number of unbranched alkanes of at least 4 members (excludes halogenated alkanes) is 3. The Labute approximate surface area is 218 Å². The summed E-state index contributed by atoms with van der Waals surface area (Å²) in [6.07, 6.45) is 4.83. The first-order valence-electron chi connectivity index (χ1n) is 13.0. The molecule has 1 amide bonds. The number of aliphatic hydroxyl groups excluding tert-OH is 1. The predicted octanol–water partition coefficient (Wildman–Crippen LogP) is 4.04. The maximum atomic E-state index is 12.2. The number of phenolic OH excluding ortho intramolecular Hbond substituents is 1. The first-order chi connectivity index (χ1) is 17.8. The van der Waals surface area contributed by atoms with E-state index in [4.69, 9.17) is 9.47 Å². The van der Waals surface area contributed by atoms with Crippen molar-refractivity contribution >= 4 is 19.0 Å². The quantitative estimate of drug-likeness (QED) is 0.124. The van der Waals surface area contributed by atoms with Crippen molar-refractivity contribution in [3.63, 3.8) is 0 Å². The third kappa shape index (κ3) is 9.67. The van der Waals surface area contributed by atoms with Crippen molar-refractivity contribution in [2.24, 2.45) is 0 Å². The highest BCUT2D eigenvalue weighted by atomic mass is 31.2. The first kappa shape index (κ1) is 29.0. The minimum absolute atomic E-state index is 0.00316. The van der Waals surface area contributed by atoms with Gasteiger partial charge in [0.25, 0.3) is 0 Å². The molecule has 0 radical (unpaired) electrons. The molecule has 1 heterocycles. The number of hydrogen-bond donors (Lipinski definition) is 5. The number of ether oxygens (including phenoxy) is 2. The molecule has 3 rings (SSSR count). The molecule has 1 aliphatic heterocycles. The highest BCUT2D eigenvalue weighted by molar-refractivity contribution is 7.57. The summed E-state index contributed by atoms with van der Waals surface area (Å²) in [5.41, 5.74) is 2.20. The first-order valence-corrected chi connectivity index (χ1v) is 15.0. The van der Waals surface area contributed by atoms with Crippen LogP contribution in [0, 0.1) is 0 Å². The molecule has 1 unspecified atom stereocenters. The highest BCUT2D eigenvalue weighted by Gasteiger charge is 2.22. The molecule has 1 aliphatic rings. The van der Waals surface area contributed by atoms with Crippen molar-refractivity contribution in [2.75, 3.05) is 37.5 Å². The summed E-state index contributed by atoms with van der Waals surface area (Å²) in [5, 5.41) is 26.1. The average Bonchev–Trinajstić information content (AvgIpc) is 2.88. The number of aromatic hydroxyl groups is 1. The Morgan fingerprint density at radius 3 is 2.62 bits per heavy atom. The van der Waals surface area contributed by atoms with E-state index in [1.165, 1.54) is 6.07 Å². The van der Waals surface area contributed by atoms with Crippen LogP contribution in [0.4, 0.5) is 5.69 Å². The number of carbonyl (C=O) groups is 1. The Hall–Kier alpha value is -2.58. The monoisotopic (exact) mass is 534 g/mol. The third-order valence-electron chi connectivity index (χ3n) is 6.23. The smallest absolute Gasteiger partial charge is 0.236 e. The summed E-state index contributed by atoms with van der Waals surface area (Å²) in [6, 6.07) is 10.6. The van der Waals surface area contributed by atoms with Crippen molar-refractivity contribution < 1.29 is 33.9 Å². The van der Waals surface area contributed by atoms with E-state index in [2.05, 4.69) is 17.6 Å². The largest absolute Gasteiger partial charge is 0.506 e. The maximum Gasteiger partial charge on any atom is 0.236 e. The molecule has 2 atom stereocenters. The number of anilines is 1. The fourth-order valence-corrected chi connectivity index (χ4v) is 5.30. The van der Waals surface area contributed by atoms with Gasteiger partial charge in [-0.2, -0.15) is 0 Å². The molecule has 0 saturated heterocycles. The van der Waals surface area contributed by atoms with Crippen molar-refractivity contribution in [1.29, 1.82) is 0 Å². The van der Waals surface area contributed by atoms with Crippen LogP contribution in [0.5, 0.6) is 17.2 Å². The lowest BCUT2D eigenvalue weighted by atomic mass is 10.0. The van der Waals surface area contributed by atoms with E-state index < -0.39 is 13.5 Å². The molecule has 0 saturated carbocycles. The van der Waals surface area contributed by atoms with Gasteiger partial charge >= 0.3 is 0 Å². The van der Waals surface area contributed by atoms with E-state index in [-0.39, 0.29) is 24.6 Å². The number of fused-ring (bicyclic) bond motifs is 1. The second-order valence-electron chi connectivity index (χ2n) is 9.45. The van der Waals surface area contributed by atoms with Crippen molar-refractivity contribution in [3.05, 3.63) is 47.5 Å². The summed E-state index contributed by atoms with van der Waals surface area (Å²) in [4.78, 5) is 21.7. The summed E-state index contributed by atoms with van der Waals surface area (Å²) < 4.78 is 23.5. The number of amides is 1. The maximum absolute atomic E-state index is 12.2. The van der Waals surface area contributed by atoms with Crippen molar-refractivity contribution in [2.45, 2.75) is 58.0 Å². The topological polar surface area (TPSA) is 137 Å². The van der Waals surface area contributed by atoms with E-state index in [9.17, 15) is 24.5 Å². The van der Waals surface area contributed by atoms with Gasteiger partial charge in [-0.25, -0.2) is 0 Å². The lowest BCUT2D eigenvalue weighted by Crippen LogP contribution is -2.32. The minimum atomic E-state index is -3.27. The standard InChI is InChI=1S/C27H39N2O7P/c1-2-3-4-5-16-37(33,34)19-36-22-8-6-20(7-9-22)14-15-28-17-21(30)18-35-25-12-11-24(31)27-23(25)10-13-26(32)29-27/h6-9,11-12,21,28,30-31H,2-5,10,13-19H2,1H3,(H,29,32)(H,33,34)/t21-/m0/s1. The van der Waals surface area contributed by atoms with Crippen LogP contribution in [0.25, 0.3) is 0 Å². The van der Waals surface area contributed by atoms with Crippen molar-refractivity contribution in [1.82, 2.24) is 5.32 Å². The molecule has 0 aromatic heterocycles. The summed E-state index contributed by atoms with van der Waals surface area (Å²) in [6.45, 7) is 3.19. The third-order valence-corrected chi connectivity index (χ3v) is 7.78. The summed E-state index contributed by atoms with van der Waals surface area (Å²) >= 11 is 0. The van der Waals surface area contributed by atoms with Gasteiger partial charge < -0.3 is 35.2 Å². The average molecular weight is 535 g/mol. The molecule has 10 heteroatoms. The Kier molecular flexibility index (Phi) is 11.3. The molecule has 0 spiro atoms. The van der Waals surface area contributed by atoms with E-state index in [1.54, 1.807) is 18.2 Å². The van der Waals surface area contributed by atoms with Crippen LogP contribution in [0.15, 0.2) is 36.4 Å². The lowest BCUT2D eigenvalue weighted by molar-refractivity contribution is -0.116. The molecule has 0 fully saturated rings. The van der Waals surface area contributed by atoms with Gasteiger partial charge in [-0.15, -0.1) is 0 Å². The second-order valence-corrected chi connectivity index (χ2v) is 11.8. The molecule has 0 bridgehead atoms. The number of carbonyl (C=O) groups excluding carboxylic acids is 1. The van der Waals surface area contributed by atoms with Crippen LogP contribution in [-0.4, -0.2) is 59.3 Å². The zero-order valence-electron chi connectivity index (χ0n) is 21.4. The van der Waals surface area contributed by atoms with Gasteiger partial charge in [0.2, 0.25) is 13.3 Å². The summed E-state index contributed by atoms with van der Waals surface area (Å²) in [7, 11) is -3.27. The number of benzene rings is 2. The molecule has 0 aliphatic carbocycles. The van der Waals surface area contributed by atoms with Crippen LogP contribution < -0.4 is 20.1 Å². The highest BCUT2D eigenvalue weighted by Crippen LogP contribution is 2.41. The number of nitrogens with one attached hydrogen (secondary N) is 2. The number of rotatable bonds is 16. The van der Waals surface area contributed by atoms with Crippen LogP contribution in [-0.2, 0) is 22.2 Å². The number of phenols is 1. The van der Waals surface area contributed by atoms with Gasteiger partial charge in [-0.3, -0.25) is 9.36 Å². The molecule has 37 heavy (non-hydrogen) atoms. The van der Waals surface area contributed by atoms with E-state index >= 15 is 0 Å². The summed E-state index contributed by atoms with van der Waals surface area (Å²) in [5.74, 6) is 0.977. The molecular formula is C27H39N2O7P. The molecule has 204 valence electrons. The molecular weight excluding hydrogens is 495 g/mol. The normalized spacial score (nSPS) is 15.4. The van der Waals surface area contributed by atoms with Gasteiger partial charge in [-0.05, 0) is 55.6 Å². The Morgan fingerprint density at radius 2 is 1.86 bits per heavy atom. The van der Waals surface area contributed by atoms with E-state index in [1.807, 2.05) is 12.1 Å². The fourth-order valence-electron chi connectivity index (χ4n) is 4.10. The zero-order valence-corrected chi connectivity index (χ0v) is 22.3. The van der Waals surface area contributed by atoms with Crippen LogP contribution >= 0.6 is 7.37 Å². The molecule has 2 aromatic rings. The van der Waals surface area contributed by atoms with E-state index in [0.717, 1.165) is 43.2 Å². The molecule has 5 N–H and O–H groups in total. The molecule has 2 aromatic carbocycles. The van der Waals surface area contributed by atoms with Gasteiger partial charge in [0.15, 0.2) is 6.35 Å². The van der Waals surface area contributed by atoms with E-state index in [0.29, 0.717) is 49.3 Å². The fraction of sp³-hybridized carbons (Fsp3) is 0.519. The molecule has 9 nitrogen and oxygen atoms in total. The lowest BCUT2D eigenvalue weighted by Gasteiger charge is -2.22. The van der Waals surface area contributed by atoms with Gasteiger partial charge in [-0.1, -0.05) is 38.3 Å². The second kappa shape index (κ2) is 14.4.